The van der Waals surface area contributed by atoms with Gasteiger partial charge in [-0.25, -0.2) is 0 Å². The Balaban J connectivity index is 0. The number of isothiocyanates is 1. The molecular weight excluding hydrogens is 384 g/mol. The standard InChI is InChI=1S/C26H56N.CNS/c1-5-9-12-15-18-21-24-27(8-4,25-22-19-16-13-10-6-2)26-23-20-17-14-11-7-3;2-1-3/h5-26H2,1-4H3;/q+1;-1. The van der Waals surface area contributed by atoms with E-state index in [0.29, 0.717) is 0 Å². The fraction of sp³-hybridized carbons (Fsp3) is 0.963. The van der Waals surface area contributed by atoms with Crippen molar-refractivity contribution in [2.75, 3.05) is 26.2 Å². The van der Waals surface area contributed by atoms with E-state index in [4.69, 9.17) is 5.41 Å². The van der Waals surface area contributed by atoms with Crippen LogP contribution in [0.2, 0.25) is 0 Å². The largest absolute Gasteiger partial charge is 0.753 e. The van der Waals surface area contributed by atoms with Crippen LogP contribution in [0.25, 0.3) is 5.41 Å². The molecule has 180 valence electrons. The number of hydrogen-bond donors (Lipinski definition) is 0. The summed E-state index contributed by atoms with van der Waals surface area (Å²) >= 11 is 3.70. The summed E-state index contributed by atoms with van der Waals surface area (Å²) in [5, 5.41) is 8.47. The van der Waals surface area contributed by atoms with Crippen molar-refractivity contribution < 1.29 is 4.48 Å². The van der Waals surface area contributed by atoms with Crippen LogP contribution in [0.4, 0.5) is 0 Å². The van der Waals surface area contributed by atoms with Crippen LogP contribution in [0, 0.1) is 0 Å². The van der Waals surface area contributed by atoms with Gasteiger partial charge in [-0.1, -0.05) is 110 Å². The normalized spacial score (nSPS) is 11.1. The summed E-state index contributed by atoms with van der Waals surface area (Å²) in [6.07, 6.45) is 25.9. The number of unbranched alkanes of at least 4 members (excludes halogenated alkanes) is 15. The molecule has 3 heteroatoms. The third-order valence-electron chi connectivity index (χ3n) is 6.63. The molecular formula is C27H56N2S. The first-order valence-corrected chi connectivity index (χ1v) is 13.9. The lowest BCUT2D eigenvalue weighted by atomic mass is 10.1. The summed E-state index contributed by atoms with van der Waals surface area (Å²) in [6.45, 7) is 15.1. The molecule has 0 spiro atoms. The molecule has 0 aromatic rings. The van der Waals surface area contributed by atoms with E-state index in [9.17, 15) is 0 Å². The molecule has 0 unspecified atom stereocenters. The first-order valence-electron chi connectivity index (χ1n) is 13.5. The Bertz CT molecular complexity index is 310. The van der Waals surface area contributed by atoms with Crippen molar-refractivity contribution in [3.05, 3.63) is 5.41 Å². The molecule has 0 fully saturated rings. The van der Waals surface area contributed by atoms with Gasteiger partial charge >= 0.3 is 0 Å². The van der Waals surface area contributed by atoms with Crippen molar-refractivity contribution in [2.24, 2.45) is 0 Å². The SMILES string of the molecule is CCCCCCCC[N+](CC)(CCCCCCCC)CCCCCCCC.[N-]=C=S. The van der Waals surface area contributed by atoms with Crippen LogP contribution in [-0.2, 0) is 0 Å². The highest BCUT2D eigenvalue weighted by Crippen LogP contribution is 2.18. The van der Waals surface area contributed by atoms with E-state index < -0.39 is 0 Å². The minimum absolute atomic E-state index is 1.33. The van der Waals surface area contributed by atoms with Crippen LogP contribution >= 0.6 is 12.2 Å². The molecule has 2 nitrogen and oxygen atoms in total. The Morgan fingerprint density at radius 1 is 0.500 bits per heavy atom. The molecule has 0 aliphatic carbocycles. The van der Waals surface area contributed by atoms with Crippen molar-refractivity contribution in [3.63, 3.8) is 0 Å². The van der Waals surface area contributed by atoms with Crippen LogP contribution < -0.4 is 0 Å². The van der Waals surface area contributed by atoms with Gasteiger partial charge in [0.2, 0.25) is 0 Å². The molecule has 30 heavy (non-hydrogen) atoms. The second-order valence-corrected chi connectivity index (χ2v) is 9.41. The average molecular weight is 441 g/mol. The summed E-state index contributed by atoms with van der Waals surface area (Å²) in [4.78, 5) is 0. The van der Waals surface area contributed by atoms with Gasteiger partial charge in [0.25, 0.3) is 0 Å². The van der Waals surface area contributed by atoms with Gasteiger partial charge in [-0.2, -0.15) is 5.16 Å². The third kappa shape index (κ3) is 22.4. The summed E-state index contributed by atoms with van der Waals surface area (Å²) < 4.78 is 1.43. The molecule has 0 amide bonds. The Morgan fingerprint density at radius 2 is 0.733 bits per heavy atom. The third-order valence-corrected chi connectivity index (χ3v) is 6.63. The van der Waals surface area contributed by atoms with E-state index in [2.05, 4.69) is 39.9 Å². The van der Waals surface area contributed by atoms with Gasteiger partial charge in [0, 0.05) is 0 Å². The minimum atomic E-state index is 1.33. The van der Waals surface area contributed by atoms with E-state index in [1.54, 1.807) is 0 Å². The smallest absolute Gasteiger partial charge is 0.0786 e. The summed E-state index contributed by atoms with van der Waals surface area (Å²) in [5.41, 5.74) is 0. The van der Waals surface area contributed by atoms with E-state index in [1.807, 2.05) is 0 Å². The van der Waals surface area contributed by atoms with E-state index >= 15 is 0 Å². The van der Waals surface area contributed by atoms with Crippen molar-refractivity contribution >= 4 is 17.4 Å². The fourth-order valence-corrected chi connectivity index (χ4v) is 4.49. The molecule has 0 aromatic heterocycles. The molecule has 0 aliphatic heterocycles. The molecule has 0 saturated heterocycles. The second kappa shape index (κ2) is 26.8. The van der Waals surface area contributed by atoms with Gasteiger partial charge in [-0.05, 0) is 45.4 Å². The molecule has 0 aromatic carbocycles. The lowest BCUT2D eigenvalue weighted by Crippen LogP contribution is -2.50. The Labute approximate surface area is 196 Å². The predicted octanol–water partition coefficient (Wildman–Crippen LogP) is 9.56. The first-order chi connectivity index (χ1) is 14.7. The first kappa shape index (κ1) is 31.9. The highest BCUT2D eigenvalue weighted by Gasteiger charge is 2.23. The van der Waals surface area contributed by atoms with Crippen molar-refractivity contribution in [2.45, 2.75) is 143 Å². The maximum atomic E-state index is 7.13. The summed E-state index contributed by atoms with van der Waals surface area (Å²) in [7, 11) is 0. The minimum Gasteiger partial charge on any atom is -0.753 e. The molecule has 0 atom stereocenters. The molecule has 0 radical (unpaired) electrons. The van der Waals surface area contributed by atoms with Gasteiger partial charge in [0.05, 0.1) is 26.2 Å². The highest BCUT2D eigenvalue weighted by atomic mass is 32.1. The molecule has 0 aliphatic rings. The predicted molar refractivity (Wildman–Crippen MR) is 141 cm³/mol. The molecule has 0 N–H and O–H groups in total. The number of hydrogen-bond acceptors (Lipinski definition) is 1. The van der Waals surface area contributed by atoms with Crippen LogP contribution in [-0.4, -0.2) is 35.8 Å². The zero-order valence-electron chi connectivity index (χ0n) is 21.4. The van der Waals surface area contributed by atoms with E-state index in [1.165, 1.54) is 151 Å². The fourth-order valence-electron chi connectivity index (χ4n) is 4.49. The Kier molecular flexibility index (Phi) is 28.5. The number of rotatable bonds is 22. The zero-order valence-corrected chi connectivity index (χ0v) is 22.2. The average Bonchev–Trinajstić information content (AvgIpc) is 2.75. The van der Waals surface area contributed by atoms with Crippen LogP contribution in [0.15, 0.2) is 0 Å². The van der Waals surface area contributed by atoms with Crippen molar-refractivity contribution in [3.8, 4) is 0 Å². The van der Waals surface area contributed by atoms with E-state index in [0.717, 1.165) is 0 Å². The Hall–Kier alpha value is -0.240. The van der Waals surface area contributed by atoms with Crippen LogP contribution in [0.5, 0.6) is 0 Å². The van der Waals surface area contributed by atoms with Crippen molar-refractivity contribution in [1.82, 2.24) is 0 Å². The lowest BCUT2D eigenvalue weighted by Gasteiger charge is -2.38. The van der Waals surface area contributed by atoms with E-state index in [-0.39, 0.29) is 0 Å². The molecule has 0 saturated carbocycles. The summed E-state index contributed by atoms with van der Waals surface area (Å²) in [5.74, 6) is 0. The van der Waals surface area contributed by atoms with Gasteiger partial charge in [-0.3, -0.25) is 0 Å². The van der Waals surface area contributed by atoms with Crippen LogP contribution in [0.3, 0.4) is 0 Å². The summed E-state index contributed by atoms with van der Waals surface area (Å²) in [6, 6.07) is 0. The topological polar surface area (TPSA) is 22.3 Å². The maximum Gasteiger partial charge on any atom is 0.0786 e. The maximum absolute atomic E-state index is 7.13. The van der Waals surface area contributed by atoms with Gasteiger partial charge < -0.3 is 9.89 Å². The van der Waals surface area contributed by atoms with Gasteiger partial charge in [0.1, 0.15) is 0 Å². The Morgan fingerprint density at radius 3 is 0.967 bits per heavy atom. The highest BCUT2D eigenvalue weighted by molar-refractivity contribution is 7.78. The number of nitrogens with zero attached hydrogens (tertiary/aromatic N) is 2. The molecule has 0 rings (SSSR count). The van der Waals surface area contributed by atoms with Gasteiger partial charge in [-0.15, -0.1) is 0 Å². The van der Waals surface area contributed by atoms with Gasteiger partial charge in [0.15, 0.2) is 0 Å². The van der Waals surface area contributed by atoms with Crippen molar-refractivity contribution in [1.29, 1.82) is 0 Å². The second-order valence-electron chi connectivity index (χ2n) is 9.22. The number of quaternary nitrogens is 1. The number of thiocarbonyl (C=S) groups is 1. The molecule has 0 bridgehead atoms. The quantitative estimate of drug-likeness (QED) is 0.0710. The lowest BCUT2D eigenvalue weighted by molar-refractivity contribution is -0.927. The van der Waals surface area contributed by atoms with Crippen LogP contribution in [0.1, 0.15) is 143 Å². The monoisotopic (exact) mass is 440 g/mol. The zero-order chi connectivity index (χ0) is 22.8. The molecule has 0 heterocycles.